The Labute approximate surface area is 111 Å². The largest absolute Gasteiger partial charge is 0.496 e. The van der Waals surface area contributed by atoms with Gasteiger partial charge in [0.05, 0.1) is 20.3 Å². The Morgan fingerprint density at radius 2 is 1.84 bits per heavy atom. The number of methoxy groups -OCH3 is 2. The summed E-state index contributed by atoms with van der Waals surface area (Å²) in [6.45, 7) is 1.77. The predicted molar refractivity (Wildman–Crippen MR) is 67.4 cm³/mol. The van der Waals surface area contributed by atoms with E-state index < -0.39 is 11.9 Å². The Bertz CT molecular complexity index is 493. The maximum Gasteiger partial charge on any atom is 0.266 e. The van der Waals surface area contributed by atoms with Crippen molar-refractivity contribution >= 4 is 11.8 Å². The highest BCUT2D eigenvalue weighted by atomic mass is 16.5. The van der Waals surface area contributed by atoms with Gasteiger partial charge in [-0.2, -0.15) is 0 Å². The monoisotopic (exact) mass is 263 g/mol. The summed E-state index contributed by atoms with van der Waals surface area (Å²) in [5.41, 5.74) is 0.277. The highest BCUT2D eigenvalue weighted by Crippen LogP contribution is 2.28. The van der Waals surface area contributed by atoms with Crippen LogP contribution in [0.25, 0.3) is 0 Å². The number of benzene rings is 1. The van der Waals surface area contributed by atoms with Crippen LogP contribution in [0.15, 0.2) is 18.2 Å². The number of rotatable bonds is 4. The molecule has 2 rings (SSSR count). The molecule has 1 aromatic carbocycles. The minimum atomic E-state index is -0.567. The molecule has 0 bridgehead atoms. The highest BCUT2D eigenvalue weighted by molar-refractivity contribution is 6.03. The zero-order chi connectivity index (χ0) is 14.0. The quantitative estimate of drug-likeness (QED) is 0.794. The Balaban J connectivity index is 2.25. The van der Waals surface area contributed by atoms with Crippen LogP contribution < -0.4 is 20.1 Å². The fourth-order valence-electron chi connectivity index (χ4n) is 1.95. The zero-order valence-corrected chi connectivity index (χ0v) is 11.0. The maximum absolute atomic E-state index is 12.2. The fourth-order valence-corrected chi connectivity index (χ4v) is 1.95. The van der Waals surface area contributed by atoms with Crippen LogP contribution in [0.1, 0.15) is 17.3 Å². The van der Waals surface area contributed by atoms with Crippen LogP contribution in [0.3, 0.4) is 0 Å². The molecule has 6 heteroatoms. The minimum absolute atomic E-state index is 0.197. The molecule has 0 aromatic heterocycles. The summed E-state index contributed by atoms with van der Waals surface area (Å²) in [4.78, 5) is 23.5. The lowest BCUT2D eigenvalue weighted by Gasteiger charge is -2.31. The average Bonchev–Trinajstić information content (AvgIpc) is 2.43. The smallest absolute Gasteiger partial charge is 0.266 e. The number of carbonyl (C=O) groups is 2. The second-order valence-electron chi connectivity index (χ2n) is 4.20. The summed E-state index contributed by atoms with van der Waals surface area (Å²) in [6.07, 6.45) is 0. The Hall–Kier alpha value is -2.24. The molecule has 1 aliphatic heterocycles. The van der Waals surface area contributed by atoms with Crippen molar-refractivity contribution in [3.8, 4) is 11.5 Å². The van der Waals surface area contributed by atoms with E-state index in [1.165, 1.54) is 14.2 Å². The number of carbonyl (C=O) groups excluding carboxylic acids is 2. The summed E-state index contributed by atoms with van der Waals surface area (Å²) in [5.74, 6) is 0.0746. The summed E-state index contributed by atoms with van der Waals surface area (Å²) in [7, 11) is 2.94. The van der Waals surface area contributed by atoms with Gasteiger partial charge in [0.25, 0.3) is 11.8 Å². The van der Waals surface area contributed by atoms with Crippen molar-refractivity contribution in [3.63, 3.8) is 0 Å². The Morgan fingerprint density at radius 1 is 1.26 bits per heavy atom. The van der Waals surface area contributed by atoms with E-state index in [0.717, 1.165) is 0 Å². The molecule has 1 aliphatic rings. The molecular formula is C13H15N2O4. The summed E-state index contributed by atoms with van der Waals surface area (Å²) >= 11 is 0. The van der Waals surface area contributed by atoms with Gasteiger partial charge in [0.15, 0.2) is 0 Å². The Kier molecular flexibility index (Phi) is 3.59. The summed E-state index contributed by atoms with van der Waals surface area (Å²) < 4.78 is 10.3. The first-order chi connectivity index (χ1) is 9.08. The molecule has 0 spiro atoms. The average molecular weight is 263 g/mol. The van der Waals surface area contributed by atoms with Crippen molar-refractivity contribution in [2.45, 2.75) is 19.0 Å². The van der Waals surface area contributed by atoms with E-state index in [9.17, 15) is 9.59 Å². The van der Waals surface area contributed by atoms with E-state index >= 15 is 0 Å². The molecule has 19 heavy (non-hydrogen) atoms. The van der Waals surface area contributed by atoms with Gasteiger partial charge in [-0.15, -0.1) is 0 Å². The van der Waals surface area contributed by atoms with Gasteiger partial charge in [-0.25, -0.2) is 5.32 Å². The van der Waals surface area contributed by atoms with Crippen molar-refractivity contribution in [3.05, 3.63) is 23.8 Å². The van der Waals surface area contributed by atoms with E-state index in [1.807, 2.05) is 0 Å². The van der Waals surface area contributed by atoms with Crippen molar-refractivity contribution in [1.82, 2.24) is 10.6 Å². The lowest BCUT2D eigenvalue weighted by atomic mass is 10.0. The molecule has 1 saturated heterocycles. The van der Waals surface area contributed by atoms with Crippen LogP contribution in [0.4, 0.5) is 0 Å². The molecule has 6 nitrogen and oxygen atoms in total. The van der Waals surface area contributed by atoms with Gasteiger partial charge in [-0.3, -0.25) is 9.59 Å². The van der Waals surface area contributed by atoms with Crippen LogP contribution in [-0.4, -0.2) is 38.1 Å². The molecule has 0 saturated carbocycles. The topological polar surface area (TPSA) is 78.7 Å². The SMILES string of the molecule is COc1cccc(OC)c1C(=O)N[C@@H]1C(=O)[N][C@H]1C. The number of hydrogen-bond acceptors (Lipinski definition) is 4. The molecule has 2 atom stereocenters. The van der Waals surface area contributed by atoms with Crippen LogP contribution >= 0.6 is 0 Å². The Morgan fingerprint density at radius 3 is 2.26 bits per heavy atom. The van der Waals surface area contributed by atoms with E-state index in [4.69, 9.17) is 9.47 Å². The van der Waals surface area contributed by atoms with Crippen LogP contribution in [0, 0.1) is 0 Å². The second kappa shape index (κ2) is 5.17. The lowest BCUT2D eigenvalue weighted by molar-refractivity contribution is -0.131. The zero-order valence-electron chi connectivity index (χ0n) is 11.0. The number of nitrogens with one attached hydrogen (secondary N) is 1. The molecule has 0 unspecified atom stereocenters. The predicted octanol–water partition coefficient (Wildman–Crippen LogP) is 0.335. The molecule has 2 amide bonds. The standard InChI is InChI=1S/C13H15N2O4/c1-7-11(13(17)14-7)15-12(16)10-8(18-2)5-4-6-9(10)19-3/h4-7,11H,1-3H3,(H,15,16)/t7-,11-/m0/s1. The molecule has 1 fully saturated rings. The molecule has 1 radical (unpaired) electrons. The molecule has 101 valence electrons. The summed E-state index contributed by atoms with van der Waals surface area (Å²) in [6, 6.07) is 4.28. The third kappa shape index (κ3) is 2.33. The van der Waals surface area contributed by atoms with Crippen molar-refractivity contribution in [2.75, 3.05) is 14.2 Å². The van der Waals surface area contributed by atoms with Gasteiger partial charge >= 0.3 is 0 Å². The first-order valence-corrected chi connectivity index (χ1v) is 5.85. The van der Waals surface area contributed by atoms with Crippen molar-refractivity contribution in [1.29, 1.82) is 0 Å². The van der Waals surface area contributed by atoms with Gasteiger partial charge in [0, 0.05) is 0 Å². The third-order valence-electron chi connectivity index (χ3n) is 3.02. The van der Waals surface area contributed by atoms with E-state index in [2.05, 4.69) is 10.6 Å². The van der Waals surface area contributed by atoms with Gasteiger partial charge in [0.1, 0.15) is 23.1 Å². The molecule has 1 N–H and O–H groups in total. The number of nitrogens with zero attached hydrogens (tertiary/aromatic N) is 1. The van der Waals surface area contributed by atoms with Crippen LogP contribution in [0.2, 0.25) is 0 Å². The number of hydrogen-bond donors (Lipinski definition) is 1. The third-order valence-corrected chi connectivity index (χ3v) is 3.02. The second-order valence-corrected chi connectivity index (χ2v) is 4.20. The van der Waals surface area contributed by atoms with Gasteiger partial charge in [-0.05, 0) is 19.1 Å². The van der Waals surface area contributed by atoms with Crippen molar-refractivity contribution < 1.29 is 19.1 Å². The van der Waals surface area contributed by atoms with E-state index in [0.29, 0.717) is 11.5 Å². The highest BCUT2D eigenvalue weighted by Gasteiger charge is 2.40. The number of ether oxygens (including phenoxy) is 2. The fraction of sp³-hybridized carbons (Fsp3) is 0.385. The number of amides is 2. The van der Waals surface area contributed by atoms with Crippen LogP contribution in [0.5, 0.6) is 11.5 Å². The first kappa shape index (κ1) is 13.2. The van der Waals surface area contributed by atoms with Gasteiger partial charge in [0.2, 0.25) is 0 Å². The lowest BCUT2D eigenvalue weighted by Crippen LogP contribution is -2.63. The van der Waals surface area contributed by atoms with Gasteiger partial charge < -0.3 is 14.8 Å². The molecule has 0 aliphatic carbocycles. The van der Waals surface area contributed by atoms with Crippen LogP contribution in [-0.2, 0) is 4.79 Å². The minimum Gasteiger partial charge on any atom is -0.496 e. The van der Waals surface area contributed by atoms with Gasteiger partial charge in [-0.1, -0.05) is 6.07 Å². The van der Waals surface area contributed by atoms with E-state index in [-0.39, 0.29) is 17.5 Å². The first-order valence-electron chi connectivity index (χ1n) is 5.85. The number of β-lactam (4-membered cyclic amide) rings is 1. The molecule has 1 aromatic rings. The maximum atomic E-state index is 12.2. The molecular weight excluding hydrogens is 248 g/mol. The molecule has 1 heterocycles. The normalized spacial score (nSPS) is 21.1. The summed E-state index contributed by atoms with van der Waals surface area (Å²) in [5, 5.41) is 6.36. The van der Waals surface area contributed by atoms with Crippen molar-refractivity contribution in [2.24, 2.45) is 0 Å². The van der Waals surface area contributed by atoms with E-state index in [1.54, 1.807) is 25.1 Å².